The molecule has 200 valence electrons. The third-order valence-corrected chi connectivity index (χ3v) is 10.3. The van der Waals surface area contributed by atoms with Crippen molar-refractivity contribution in [1.29, 1.82) is 0 Å². The molecule has 4 aliphatic carbocycles. The fraction of sp³-hybridized carbons (Fsp3) is 0.593. The summed E-state index contributed by atoms with van der Waals surface area (Å²) in [6.45, 7) is 4.79. The SMILES string of the molecule is C[C@@H]1CC2C3C[C@H](F)C4=CC(=O)C=C[C@]4(C)C3(F)[C@@H](O)C[C@]2(C)C1(OC(=O)c1ccco1)C(=O)SCF. The molecule has 9 atom stereocenters. The Kier molecular flexibility index (Phi) is 6.10. The van der Waals surface area contributed by atoms with Crippen LogP contribution < -0.4 is 0 Å². The van der Waals surface area contributed by atoms with E-state index in [1.165, 1.54) is 37.5 Å². The molecule has 3 saturated carbocycles. The maximum atomic E-state index is 17.4. The first-order valence-electron chi connectivity index (χ1n) is 12.3. The van der Waals surface area contributed by atoms with E-state index in [1.54, 1.807) is 13.8 Å². The van der Waals surface area contributed by atoms with Gasteiger partial charge in [0.15, 0.2) is 17.1 Å². The number of thioether (sulfide) groups is 1. The van der Waals surface area contributed by atoms with Crippen LogP contribution in [0, 0.1) is 28.6 Å². The van der Waals surface area contributed by atoms with Crippen molar-refractivity contribution < 1.29 is 41.8 Å². The predicted molar refractivity (Wildman–Crippen MR) is 129 cm³/mol. The van der Waals surface area contributed by atoms with E-state index >= 15 is 8.78 Å². The minimum atomic E-state index is -2.35. The van der Waals surface area contributed by atoms with Gasteiger partial charge in [0.1, 0.15) is 12.2 Å². The van der Waals surface area contributed by atoms with Crippen LogP contribution in [-0.2, 0) is 14.3 Å². The Morgan fingerprint density at radius 3 is 2.65 bits per heavy atom. The Bertz CT molecular complexity index is 1200. The molecular weight excluding hydrogens is 509 g/mol. The maximum Gasteiger partial charge on any atom is 0.375 e. The molecule has 0 radical (unpaired) electrons. The average molecular weight is 539 g/mol. The molecule has 37 heavy (non-hydrogen) atoms. The quantitative estimate of drug-likeness (QED) is 0.544. The number of aliphatic hydroxyl groups excluding tert-OH is 1. The van der Waals surface area contributed by atoms with E-state index < -0.39 is 75.0 Å². The van der Waals surface area contributed by atoms with Gasteiger partial charge in [0.05, 0.1) is 12.4 Å². The summed E-state index contributed by atoms with van der Waals surface area (Å²) >= 11 is 0.352. The maximum absolute atomic E-state index is 17.4. The summed E-state index contributed by atoms with van der Waals surface area (Å²) in [5, 5.41) is 10.7. The molecule has 1 aromatic heterocycles. The van der Waals surface area contributed by atoms with E-state index in [0.29, 0.717) is 11.8 Å². The highest BCUT2D eigenvalue weighted by molar-refractivity contribution is 8.13. The molecule has 0 aromatic carbocycles. The minimum Gasteiger partial charge on any atom is -0.457 e. The zero-order chi connectivity index (χ0) is 27.0. The number of allylic oxidation sites excluding steroid dienone is 4. The minimum absolute atomic E-state index is 0.00739. The van der Waals surface area contributed by atoms with E-state index in [1.807, 2.05) is 0 Å². The van der Waals surface area contributed by atoms with Crippen molar-refractivity contribution in [2.75, 3.05) is 6.01 Å². The topological polar surface area (TPSA) is 93.8 Å². The van der Waals surface area contributed by atoms with E-state index in [-0.39, 0.29) is 30.6 Å². The summed E-state index contributed by atoms with van der Waals surface area (Å²) in [5.41, 5.74) is -7.19. The molecule has 4 aliphatic rings. The predicted octanol–water partition coefficient (Wildman–Crippen LogP) is 4.93. The lowest BCUT2D eigenvalue weighted by Crippen LogP contribution is -2.70. The number of alkyl halides is 3. The van der Waals surface area contributed by atoms with Gasteiger partial charge in [0.2, 0.25) is 10.9 Å². The number of furan rings is 1. The van der Waals surface area contributed by atoms with Gasteiger partial charge in [-0.05, 0) is 73.7 Å². The third-order valence-electron chi connectivity index (χ3n) is 9.63. The van der Waals surface area contributed by atoms with Crippen LogP contribution in [0.5, 0.6) is 0 Å². The second-order valence-corrected chi connectivity index (χ2v) is 12.0. The monoisotopic (exact) mass is 538 g/mol. The van der Waals surface area contributed by atoms with Gasteiger partial charge in [-0.2, -0.15) is 0 Å². The molecule has 4 unspecified atom stereocenters. The number of aliphatic hydroxyl groups is 1. The number of fused-ring (bicyclic) bond motifs is 5. The van der Waals surface area contributed by atoms with Crippen molar-refractivity contribution in [1.82, 2.24) is 0 Å². The number of esters is 1. The Morgan fingerprint density at radius 1 is 1.27 bits per heavy atom. The van der Waals surface area contributed by atoms with Crippen molar-refractivity contribution >= 4 is 28.6 Å². The Labute approximate surface area is 216 Å². The lowest BCUT2D eigenvalue weighted by Gasteiger charge is -2.63. The van der Waals surface area contributed by atoms with Crippen LogP contribution in [0.1, 0.15) is 50.6 Å². The van der Waals surface area contributed by atoms with E-state index in [2.05, 4.69) is 0 Å². The fourth-order valence-corrected chi connectivity index (χ4v) is 8.76. The number of halogens is 3. The summed E-state index contributed by atoms with van der Waals surface area (Å²) in [6, 6.07) is 1.78. The first-order valence-corrected chi connectivity index (χ1v) is 13.3. The van der Waals surface area contributed by atoms with E-state index in [4.69, 9.17) is 9.15 Å². The highest BCUT2D eigenvalue weighted by atomic mass is 32.2. The normalized spacial score (nSPS) is 44.5. The van der Waals surface area contributed by atoms with Crippen molar-refractivity contribution in [2.45, 2.75) is 63.6 Å². The molecule has 0 aliphatic heterocycles. The van der Waals surface area contributed by atoms with E-state index in [0.717, 1.165) is 6.08 Å². The van der Waals surface area contributed by atoms with Gasteiger partial charge >= 0.3 is 5.97 Å². The first kappa shape index (κ1) is 26.3. The summed E-state index contributed by atoms with van der Waals surface area (Å²) in [4.78, 5) is 38.7. The summed E-state index contributed by atoms with van der Waals surface area (Å²) < 4.78 is 57.5. The van der Waals surface area contributed by atoms with Crippen LogP contribution in [0.4, 0.5) is 13.2 Å². The fourth-order valence-electron chi connectivity index (χ4n) is 7.97. The second-order valence-electron chi connectivity index (χ2n) is 11.1. The molecular formula is C27H29F3O6S. The molecule has 0 bridgehead atoms. The molecule has 10 heteroatoms. The van der Waals surface area contributed by atoms with Crippen LogP contribution in [0.2, 0.25) is 0 Å². The zero-order valence-corrected chi connectivity index (χ0v) is 21.5. The lowest BCUT2D eigenvalue weighted by atomic mass is 9.44. The van der Waals surface area contributed by atoms with Crippen LogP contribution in [0.15, 0.2) is 46.6 Å². The molecule has 0 spiro atoms. The molecule has 1 N–H and O–H groups in total. The first-order chi connectivity index (χ1) is 17.4. The highest BCUT2D eigenvalue weighted by Crippen LogP contribution is 2.72. The Balaban J connectivity index is 1.64. The van der Waals surface area contributed by atoms with Gasteiger partial charge < -0.3 is 14.3 Å². The number of ketones is 1. The smallest absolute Gasteiger partial charge is 0.375 e. The summed E-state index contributed by atoms with van der Waals surface area (Å²) in [7, 11) is 0. The molecule has 0 saturated heterocycles. The standard InChI is InChI=1S/C27H29F3O6S/c1-14-9-16-17-11-19(29)18-10-15(31)6-7-24(18,2)26(17,30)21(32)12-25(16,3)27(14,23(34)37-13-28)36-22(33)20-5-4-8-35-20/h4-8,10,14,16-17,19,21,32H,9,11-13H2,1-3H3/t14-,16?,17?,19+,21+,24+,25+,26?,27?/m1/s1. The number of carbonyl (C=O) groups is 3. The largest absolute Gasteiger partial charge is 0.457 e. The van der Waals surface area contributed by atoms with Crippen LogP contribution in [0.25, 0.3) is 0 Å². The number of carbonyl (C=O) groups excluding carboxylic acids is 3. The van der Waals surface area contributed by atoms with Gasteiger partial charge in [-0.15, -0.1) is 0 Å². The average Bonchev–Trinajstić information content (AvgIpc) is 3.45. The van der Waals surface area contributed by atoms with Gasteiger partial charge in [-0.1, -0.05) is 19.9 Å². The zero-order valence-electron chi connectivity index (χ0n) is 20.7. The van der Waals surface area contributed by atoms with Gasteiger partial charge in [-0.3, -0.25) is 9.59 Å². The highest BCUT2D eigenvalue weighted by Gasteiger charge is 2.78. The summed E-state index contributed by atoms with van der Waals surface area (Å²) in [6.07, 6.45) is 1.16. The second kappa shape index (κ2) is 8.59. The van der Waals surface area contributed by atoms with Crippen LogP contribution in [0.3, 0.4) is 0 Å². The van der Waals surface area contributed by atoms with Crippen molar-refractivity contribution in [3.63, 3.8) is 0 Å². The third kappa shape index (κ3) is 3.27. The van der Waals surface area contributed by atoms with Gasteiger partial charge in [0, 0.05) is 22.7 Å². The van der Waals surface area contributed by atoms with Crippen molar-refractivity contribution in [2.24, 2.45) is 28.6 Å². The molecule has 3 fully saturated rings. The number of hydrogen-bond donors (Lipinski definition) is 1. The lowest BCUT2D eigenvalue weighted by molar-refractivity contribution is -0.221. The van der Waals surface area contributed by atoms with E-state index in [9.17, 15) is 23.9 Å². The number of ether oxygens (including phenoxy) is 1. The molecule has 5 rings (SSSR count). The molecule has 6 nitrogen and oxygen atoms in total. The Morgan fingerprint density at radius 2 is 2.00 bits per heavy atom. The number of hydrogen-bond acceptors (Lipinski definition) is 7. The molecule has 1 aromatic rings. The number of rotatable bonds is 4. The summed E-state index contributed by atoms with van der Waals surface area (Å²) in [5.74, 6) is -3.98. The molecule has 0 amide bonds. The van der Waals surface area contributed by atoms with Crippen LogP contribution in [-0.4, -0.2) is 51.5 Å². The van der Waals surface area contributed by atoms with Crippen molar-refractivity contribution in [3.8, 4) is 0 Å². The van der Waals surface area contributed by atoms with Crippen molar-refractivity contribution in [3.05, 3.63) is 48.0 Å². The van der Waals surface area contributed by atoms with Gasteiger partial charge in [0.25, 0.3) is 0 Å². The Hall–Kier alpha value is -2.33. The van der Waals surface area contributed by atoms with Crippen LogP contribution >= 0.6 is 11.8 Å². The van der Waals surface area contributed by atoms with Gasteiger partial charge in [-0.25, -0.2) is 18.0 Å². The molecule has 1 heterocycles.